The van der Waals surface area contributed by atoms with Crippen LogP contribution in [0, 0.1) is 13.8 Å². The monoisotopic (exact) mass is 261 g/mol. The van der Waals surface area contributed by atoms with Gasteiger partial charge in [0.2, 0.25) is 0 Å². The number of rotatable bonds is 3. The summed E-state index contributed by atoms with van der Waals surface area (Å²) in [4.78, 5) is 24.9. The van der Waals surface area contributed by atoms with Crippen molar-refractivity contribution in [2.24, 2.45) is 0 Å². The van der Waals surface area contributed by atoms with E-state index in [9.17, 15) is 9.59 Å². The number of hydrogen-bond donors (Lipinski definition) is 2. The van der Waals surface area contributed by atoms with Crippen LogP contribution in [0.3, 0.4) is 0 Å². The van der Waals surface area contributed by atoms with Gasteiger partial charge in [0.05, 0.1) is 0 Å². The normalized spacial score (nSPS) is 16.2. The number of imide groups is 1. The molecule has 2 N–H and O–H groups in total. The third-order valence-electron chi connectivity index (χ3n) is 3.26. The molecule has 0 aromatic heterocycles. The lowest BCUT2D eigenvalue weighted by atomic mass is 10.1. The van der Waals surface area contributed by atoms with E-state index in [0.29, 0.717) is 13.1 Å². The molecule has 1 aliphatic heterocycles. The summed E-state index contributed by atoms with van der Waals surface area (Å²) in [7, 11) is 0. The first kappa shape index (κ1) is 13.4. The standard InChI is InChI=1S/C14H19N3O2/c1-9-4-5-10(2)12(8-9)16-11(3)13(18)17-7-6-15-14(17)19/h4-5,8,11,16H,6-7H2,1-3H3,(H,15,19)/t11-/m1/s1. The minimum Gasteiger partial charge on any atom is -0.374 e. The lowest BCUT2D eigenvalue weighted by Crippen LogP contribution is -2.43. The van der Waals surface area contributed by atoms with Gasteiger partial charge in [-0.2, -0.15) is 0 Å². The van der Waals surface area contributed by atoms with E-state index in [1.54, 1.807) is 6.92 Å². The summed E-state index contributed by atoms with van der Waals surface area (Å²) < 4.78 is 0. The van der Waals surface area contributed by atoms with Gasteiger partial charge in [0.15, 0.2) is 0 Å². The molecule has 5 nitrogen and oxygen atoms in total. The Morgan fingerprint density at radius 3 is 2.79 bits per heavy atom. The van der Waals surface area contributed by atoms with Gasteiger partial charge in [0, 0.05) is 18.8 Å². The maximum absolute atomic E-state index is 12.2. The zero-order chi connectivity index (χ0) is 14.0. The highest BCUT2D eigenvalue weighted by molar-refractivity contribution is 5.99. The van der Waals surface area contributed by atoms with Crippen molar-refractivity contribution in [2.75, 3.05) is 18.4 Å². The molecule has 19 heavy (non-hydrogen) atoms. The van der Waals surface area contributed by atoms with Gasteiger partial charge >= 0.3 is 6.03 Å². The number of aryl methyl sites for hydroxylation is 2. The summed E-state index contributed by atoms with van der Waals surface area (Å²) in [6, 6.07) is 5.31. The molecule has 0 radical (unpaired) electrons. The van der Waals surface area contributed by atoms with E-state index in [1.165, 1.54) is 4.90 Å². The second kappa shape index (κ2) is 5.30. The molecule has 0 saturated carbocycles. The molecule has 1 aromatic carbocycles. The Morgan fingerprint density at radius 2 is 2.16 bits per heavy atom. The fraction of sp³-hybridized carbons (Fsp3) is 0.429. The topological polar surface area (TPSA) is 61.4 Å². The molecule has 5 heteroatoms. The van der Waals surface area contributed by atoms with Crippen LogP contribution in [0.4, 0.5) is 10.5 Å². The van der Waals surface area contributed by atoms with Crippen LogP contribution >= 0.6 is 0 Å². The minimum atomic E-state index is -0.427. The first-order valence-corrected chi connectivity index (χ1v) is 6.42. The van der Waals surface area contributed by atoms with Gasteiger partial charge in [0.25, 0.3) is 5.91 Å². The van der Waals surface area contributed by atoms with Crippen LogP contribution in [0.1, 0.15) is 18.1 Å². The maximum Gasteiger partial charge on any atom is 0.324 e. The Balaban J connectivity index is 2.08. The molecular weight excluding hydrogens is 242 g/mol. The van der Waals surface area contributed by atoms with Crippen molar-refractivity contribution in [2.45, 2.75) is 26.8 Å². The zero-order valence-electron chi connectivity index (χ0n) is 11.5. The highest BCUT2D eigenvalue weighted by Gasteiger charge is 2.29. The quantitative estimate of drug-likeness (QED) is 0.869. The number of anilines is 1. The minimum absolute atomic E-state index is 0.198. The molecule has 0 bridgehead atoms. The summed E-state index contributed by atoms with van der Waals surface area (Å²) in [5.74, 6) is -0.198. The summed E-state index contributed by atoms with van der Waals surface area (Å²) in [6.45, 7) is 6.74. The lowest BCUT2D eigenvalue weighted by Gasteiger charge is -2.21. The molecule has 0 unspecified atom stereocenters. The Labute approximate surface area is 113 Å². The fourth-order valence-corrected chi connectivity index (χ4v) is 2.10. The second-order valence-electron chi connectivity index (χ2n) is 4.91. The maximum atomic E-state index is 12.2. The number of hydrogen-bond acceptors (Lipinski definition) is 3. The lowest BCUT2D eigenvalue weighted by molar-refractivity contribution is -0.128. The highest BCUT2D eigenvalue weighted by atomic mass is 16.2. The number of carbonyl (C=O) groups is 2. The van der Waals surface area contributed by atoms with E-state index in [1.807, 2.05) is 32.0 Å². The van der Waals surface area contributed by atoms with Crippen molar-refractivity contribution >= 4 is 17.6 Å². The molecule has 3 amide bonds. The molecule has 102 valence electrons. The van der Waals surface area contributed by atoms with E-state index >= 15 is 0 Å². The van der Waals surface area contributed by atoms with Gasteiger partial charge in [-0.05, 0) is 38.0 Å². The first-order valence-electron chi connectivity index (χ1n) is 6.42. The number of benzene rings is 1. The summed E-state index contributed by atoms with van der Waals surface area (Å²) >= 11 is 0. The molecule has 0 aliphatic carbocycles. The van der Waals surface area contributed by atoms with E-state index < -0.39 is 6.04 Å². The molecule has 1 fully saturated rings. The third-order valence-corrected chi connectivity index (χ3v) is 3.26. The molecule has 1 atom stereocenters. The van der Waals surface area contributed by atoms with E-state index in [4.69, 9.17) is 0 Å². The molecule has 1 aliphatic rings. The van der Waals surface area contributed by atoms with Crippen molar-refractivity contribution in [3.8, 4) is 0 Å². The molecule has 0 spiro atoms. The van der Waals surface area contributed by atoms with Crippen LogP contribution in [-0.2, 0) is 4.79 Å². The number of carbonyl (C=O) groups excluding carboxylic acids is 2. The first-order chi connectivity index (χ1) is 8.99. The largest absolute Gasteiger partial charge is 0.374 e. The third kappa shape index (κ3) is 2.86. The Morgan fingerprint density at radius 1 is 1.42 bits per heavy atom. The van der Waals surface area contributed by atoms with Gasteiger partial charge in [-0.25, -0.2) is 4.79 Å². The van der Waals surface area contributed by atoms with Crippen LogP contribution in [0.2, 0.25) is 0 Å². The molecule has 1 heterocycles. The fourth-order valence-electron chi connectivity index (χ4n) is 2.10. The van der Waals surface area contributed by atoms with Crippen LogP contribution in [0.5, 0.6) is 0 Å². The highest BCUT2D eigenvalue weighted by Crippen LogP contribution is 2.18. The van der Waals surface area contributed by atoms with Gasteiger partial charge in [-0.3, -0.25) is 9.69 Å². The Hall–Kier alpha value is -2.04. The smallest absolute Gasteiger partial charge is 0.324 e. The Kier molecular flexibility index (Phi) is 3.74. The van der Waals surface area contributed by atoms with E-state index in [0.717, 1.165) is 16.8 Å². The number of amides is 3. The van der Waals surface area contributed by atoms with Gasteiger partial charge in [-0.1, -0.05) is 12.1 Å². The van der Waals surface area contributed by atoms with Gasteiger partial charge < -0.3 is 10.6 Å². The number of nitrogens with zero attached hydrogens (tertiary/aromatic N) is 1. The van der Waals surface area contributed by atoms with Crippen molar-refractivity contribution < 1.29 is 9.59 Å². The van der Waals surface area contributed by atoms with Gasteiger partial charge in [-0.15, -0.1) is 0 Å². The van der Waals surface area contributed by atoms with Crippen molar-refractivity contribution in [3.63, 3.8) is 0 Å². The molecule has 2 rings (SSSR count). The number of urea groups is 1. The van der Waals surface area contributed by atoms with Gasteiger partial charge in [0.1, 0.15) is 6.04 Å². The van der Waals surface area contributed by atoms with Crippen LogP contribution in [0.15, 0.2) is 18.2 Å². The van der Waals surface area contributed by atoms with Crippen molar-refractivity contribution in [1.82, 2.24) is 10.2 Å². The number of nitrogens with one attached hydrogen (secondary N) is 2. The zero-order valence-corrected chi connectivity index (χ0v) is 11.5. The summed E-state index contributed by atoms with van der Waals surface area (Å²) in [5.41, 5.74) is 3.14. The molecule has 1 saturated heterocycles. The van der Waals surface area contributed by atoms with E-state index in [-0.39, 0.29) is 11.9 Å². The van der Waals surface area contributed by atoms with Crippen LogP contribution in [-0.4, -0.2) is 36.0 Å². The Bertz CT molecular complexity index is 513. The van der Waals surface area contributed by atoms with Crippen LogP contribution < -0.4 is 10.6 Å². The summed E-state index contributed by atoms with van der Waals surface area (Å²) in [5, 5.41) is 5.81. The average molecular weight is 261 g/mol. The SMILES string of the molecule is Cc1ccc(C)c(N[C@H](C)C(=O)N2CCNC2=O)c1. The predicted molar refractivity (Wildman–Crippen MR) is 74.1 cm³/mol. The second-order valence-corrected chi connectivity index (χ2v) is 4.91. The van der Waals surface area contributed by atoms with Crippen LogP contribution in [0.25, 0.3) is 0 Å². The van der Waals surface area contributed by atoms with Crippen molar-refractivity contribution in [3.05, 3.63) is 29.3 Å². The average Bonchev–Trinajstić information content (AvgIpc) is 2.79. The molecule has 1 aromatic rings. The predicted octanol–water partition coefficient (Wildman–Crippen LogP) is 1.66. The van der Waals surface area contributed by atoms with Crippen molar-refractivity contribution in [1.29, 1.82) is 0 Å². The van der Waals surface area contributed by atoms with E-state index in [2.05, 4.69) is 10.6 Å². The molecular formula is C14H19N3O2. The summed E-state index contributed by atoms with van der Waals surface area (Å²) in [6.07, 6.45) is 0.